The van der Waals surface area contributed by atoms with Crippen LogP contribution >= 0.6 is 15.9 Å². The van der Waals surface area contributed by atoms with E-state index >= 15 is 0 Å². The molecule has 4 rings (SSSR count). The van der Waals surface area contributed by atoms with Crippen molar-refractivity contribution in [1.29, 1.82) is 0 Å². The summed E-state index contributed by atoms with van der Waals surface area (Å²) in [6.07, 6.45) is 8.32. The Kier molecular flexibility index (Phi) is 12.2. The summed E-state index contributed by atoms with van der Waals surface area (Å²) < 4.78 is 20.8. The quantitative estimate of drug-likeness (QED) is 0.178. The molecule has 0 amide bonds. The first-order valence-corrected chi connectivity index (χ1v) is 14.8. The van der Waals surface area contributed by atoms with E-state index in [4.69, 9.17) is 16.2 Å². The minimum atomic E-state index is -0.942. The van der Waals surface area contributed by atoms with Gasteiger partial charge in [0, 0.05) is 30.1 Å². The summed E-state index contributed by atoms with van der Waals surface area (Å²) in [6, 6.07) is 14.3. The van der Waals surface area contributed by atoms with E-state index in [1.54, 1.807) is 19.2 Å². The molecule has 5 nitrogen and oxygen atoms in total. The lowest BCUT2D eigenvalue weighted by Crippen LogP contribution is -2.35. The maximum Gasteiger partial charge on any atom is 0.159 e. The molecule has 1 aliphatic heterocycles. The zero-order valence-corrected chi connectivity index (χ0v) is 26.1. The van der Waals surface area contributed by atoms with Crippen molar-refractivity contribution in [3.63, 3.8) is 0 Å². The minimum Gasteiger partial charge on any atom is -0.397 e. The monoisotopic (exact) mass is 620 g/mol. The SMILES string of the molecule is C=C=C1COC(/C(=C/C)C(=NC)C2=CCC(F)C=C2)N1CCc1ccc(N)c(N)c1.CCC(C)c1ccc(Br)cc1. The predicted octanol–water partition coefficient (Wildman–Crippen LogP) is 7.92. The normalized spacial score (nSPS) is 19.8. The Bertz CT molecular complexity index is 1360. The molecule has 0 radical (unpaired) electrons. The fourth-order valence-electron chi connectivity index (χ4n) is 4.78. The number of rotatable bonds is 8. The first kappa shape index (κ1) is 32.1. The van der Waals surface area contributed by atoms with Crippen molar-refractivity contribution < 1.29 is 9.13 Å². The summed E-state index contributed by atoms with van der Waals surface area (Å²) in [5.41, 5.74) is 22.0. The van der Waals surface area contributed by atoms with Gasteiger partial charge < -0.3 is 21.1 Å². The highest BCUT2D eigenvalue weighted by atomic mass is 79.9. The maximum atomic E-state index is 13.5. The van der Waals surface area contributed by atoms with Gasteiger partial charge in [-0.25, -0.2) is 4.39 Å². The molecule has 3 unspecified atom stereocenters. The number of hydrogen-bond donors (Lipinski definition) is 2. The summed E-state index contributed by atoms with van der Waals surface area (Å²) >= 11 is 3.42. The molecule has 218 valence electrons. The van der Waals surface area contributed by atoms with E-state index in [2.05, 4.69) is 76.2 Å². The summed E-state index contributed by atoms with van der Waals surface area (Å²) in [6.45, 7) is 11.4. The second-order valence-corrected chi connectivity index (χ2v) is 11.1. The van der Waals surface area contributed by atoms with E-state index in [1.807, 2.05) is 37.3 Å². The lowest BCUT2D eigenvalue weighted by molar-refractivity contribution is 0.0706. The maximum absolute atomic E-state index is 13.5. The van der Waals surface area contributed by atoms with Crippen LogP contribution in [0.15, 0.2) is 105 Å². The third-order valence-corrected chi connectivity index (χ3v) is 7.98. The zero-order chi connectivity index (χ0) is 29.9. The van der Waals surface area contributed by atoms with E-state index < -0.39 is 6.17 Å². The number of aliphatic imine (C=N–C) groups is 1. The van der Waals surface area contributed by atoms with Crippen molar-refractivity contribution in [3.05, 3.63) is 112 Å². The van der Waals surface area contributed by atoms with Gasteiger partial charge in [0.1, 0.15) is 6.17 Å². The van der Waals surface area contributed by atoms with Crippen molar-refractivity contribution in [1.82, 2.24) is 4.90 Å². The Morgan fingerprint density at radius 3 is 2.54 bits per heavy atom. The Balaban J connectivity index is 0.000000352. The van der Waals surface area contributed by atoms with Crippen molar-refractivity contribution in [3.8, 4) is 0 Å². The number of nitrogens with two attached hydrogens (primary N) is 2. The number of nitrogen functional groups attached to an aromatic ring is 2. The fourth-order valence-corrected chi connectivity index (χ4v) is 5.05. The molecular formula is C34H42BrFN4O. The molecule has 2 aromatic carbocycles. The third kappa shape index (κ3) is 8.56. The number of allylic oxidation sites excluding steroid dienone is 5. The zero-order valence-electron chi connectivity index (χ0n) is 24.5. The second kappa shape index (κ2) is 15.6. The van der Waals surface area contributed by atoms with Crippen molar-refractivity contribution in [2.75, 3.05) is 31.7 Å². The molecule has 0 aromatic heterocycles. The molecule has 41 heavy (non-hydrogen) atoms. The van der Waals surface area contributed by atoms with E-state index in [-0.39, 0.29) is 6.23 Å². The summed E-state index contributed by atoms with van der Waals surface area (Å²) in [4.78, 5) is 6.65. The van der Waals surface area contributed by atoms with Crippen LogP contribution in [0.5, 0.6) is 0 Å². The molecule has 1 aliphatic carbocycles. The highest BCUT2D eigenvalue weighted by molar-refractivity contribution is 9.10. The molecule has 0 saturated carbocycles. The molecule has 3 atom stereocenters. The minimum absolute atomic E-state index is 0.318. The van der Waals surface area contributed by atoms with Gasteiger partial charge in [0.15, 0.2) is 6.23 Å². The summed E-state index contributed by atoms with van der Waals surface area (Å²) in [5.74, 6) is 0.683. The van der Waals surface area contributed by atoms with Gasteiger partial charge in [-0.15, -0.1) is 5.73 Å². The molecule has 0 spiro atoms. The van der Waals surface area contributed by atoms with E-state index in [0.29, 0.717) is 36.9 Å². The molecule has 2 aromatic rings. The van der Waals surface area contributed by atoms with Crippen molar-refractivity contribution in [2.24, 2.45) is 4.99 Å². The molecule has 7 heteroatoms. The van der Waals surface area contributed by atoms with Crippen LogP contribution in [0.3, 0.4) is 0 Å². The average molecular weight is 622 g/mol. The fraction of sp³-hybridized carbons (Fsp3) is 0.353. The van der Waals surface area contributed by atoms with Gasteiger partial charge in [0.2, 0.25) is 0 Å². The van der Waals surface area contributed by atoms with Crippen LogP contribution in [0.4, 0.5) is 15.8 Å². The Labute approximate surface area is 253 Å². The van der Waals surface area contributed by atoms with E-state index in [0.717, 1.165) is 39.0 Å². The van der Waals surface area contributed by atoms with Crippen LogP contribution < -0.4 is 11.5 Å². The van der Waals surface area contributed by atoms with Crippen LogP contribution in [0, 0.1) is 0 Å². The largest absolute Gasteiger partial charge is 0.397 e. The van der Waals surface area contributed by atoms with Crippen LogP contribution in [0.25, 0.3) is 0 Å². The Hall–Kier alpha value is -3.38. The Morgan fingerprint density at radius 2 is 1.98 bits per heavy atom. The Morgan fingerprint density at radius 1 is 1.24 bits per heavy atom. The number of halogens is 2. The molecule has 1 heterocycles. The molecule has 0 bridgehead atoms. The van der Waals surface area contributed by atoms with Gasteiger partial charge in [-0.3, -0.25) is 4.99 Å². The number of alkyl halides is 1. The summed E-state index contributed by atoms with van der Waals surface area (Å²) in [5, 5.41) is 0. The first-order chi connectivity index (χ1) is 19.7. The molecular weight excluding hydrogens is 579 g/mol. The highest BCUT2D eigenvalue weighted by Crippen LogP contribution is 2.30. The van der Waals surface area contributed by atoms with Crippen molar-refractivity contribution in [2.45, 2.75) is 58.4 Å². The summed E-state index contributed by atoms with van der Waals surface area (Å²) in [7, 11) is 1.75. The van der Waals surface area contributed by atoms with Gasteiger partial charge in [-0.05, 0) is 72.7 Å². The van der Waals surface area contributed by atoms with E-state index in [1.165, 1.54) is 12.0 Å². The number of nitrogens with zero attached hydrogens (tertiary/aromatic N) is 2. The van der Waals surface area contributed by atoms with E-state index in [9.17, 15) is 4.39 Å². The third-order valence-electron chi connectivity index (χ3n) is 7.45. The number of ether oxygens (including phenoxy) is 1. The molecule has 2 aliphatic rings. The van der Waals surface area contributed by atoms with Crippen molar-refractivity contribution >= 4 is 33.0 Å². The molecule has 4 N–H and O–H groups in total. The topological polar surface area (TPSA) is 76.9 Å². The van der Waals surface area contributed by atoms with Gasteiger partial charge in [-0.2, -0.15) is 0 Å². The highest BCUT2D eigenvalue weighted by Gasteiger charge is 2.34. The number of benzene rings is 2. The van der Waals surface area contributed by atoms with Gasteiger partial charge in [0.25, 0.3) is 0 Å². The molecule has 1 saturated heterocycles. The number of anilines is 2. The van der Waals surface area contributed by atoms with Gasteiger partial charge >= 0.3 is 0 Å². The number of hydrogen-bond acceptors (Lipinski definition) is 5. The smallest absolute Gasteiger partial charge is 0.159 e. The predicted molar refractivity (Wildman–Crippen MR) is 175 cm³/mol. The van der Waals surface area contributed by atoms with Gasteiger partial charge in [-0.1, -0.05) is 72.8 Å². The van der Waals surface area contributed by atoms with Crippen LogP contribution in [-0.2, 0) is 11.2 Å². The average Bonchev–Trinajstić information content (AvgIpc) is 3.39. The lowest BCUT2D eigenvalue weighted by Gasteiger charge is -2.28. The van der Waals surface area contributed by atoms with Crippen LogP contribution in [-0.4, -0.2) is 43.2 Å². The van der Waals surface area contributed by atoms with Gasteiger partial charge in [0.05, 0.1) is 29.4 Å². The molecule has 1 fully saturated rings. The first-order valence-electron chi connectivity index (χ1n) is 14.0. The van der Waals surface area contributed by atoms with Crippen LogP contribution in [0.2, 0.25) is 0 Å². The standard InChI is InChI=1S/C24H29FN4O.C10H13Br/c1-4-19-15-30-24(29(19)13-12-16-6-11-21(26)22(27)14-16)20(5-2)23(28-3)17-7-9-18(25)10-8-17;1-3-8(2)9-4-6-10(11)7-5-9/h5-9,11,14,18,24H,1,10,12-13,15,26-27H2,2-3H3;4-8H,3H2,1-2H3/b20-5+,28-23?;. The van der Waals surface area contributed by atoms with Crippen LogP contribution in [0.1, 0.15) is 50.7 Å². The lowest BCUT2D eigenvalue weighted by atomic mass is 9.95. The second-order valence-electron chi connectivity index (χ2n) is 10.1.